The second kappa shape index (κ2) is 8.37. The van der Waals surface area contributed by atoms with Crippen molar-refractivity contribution in [2.45, 2.75) is 32.8 Å². The van der Waals surface area contributed by atoms with Gasteiger partial charge in [0.25, 0.3) is 0 Å². The molecule has 2 aromatic rings. The Morgan fingerprint density at radius 1 is 0.818 bits per heavy atom. The molecule has 0 fully saturated rings. The molecule has 2 aromatic carbocycles. The fourth-order valence-corrected chi connectivity index (χ4v) is 2.11. The van der Waals surface area contributed by atoms with Crippen LogP contribution >= 0.6 is 0 Å². The predicted octanol–water partition coefficient (Wildman–Crippen LogP) is 5.52. The molecule has 0 heterocycles. The molecular formula is C18H20F2O2. The molecule has 2 nitrogen and oxygen atoms in total. The molecule has 2 rings (SSSR count). The van der Waals surface area contributed by atoms with Crippen LogP contribution in [0.25, 0.3) is 11.1 Å². The molecule has 0 saturated heterocycles. The van der Waals surface area contributed by atoms with Gasteiger partial charge in [0, 0.05) is 0 Å². The first-order valence-corrected chi connectivity index (χ1v) is 7.47. The molecule has 0 spiro atoms. The van der Waals surface area contributed by atoms with Crippen molar-refractivity contribution >= 4 is 0 Å². The normalized spacial score (nSPS) is 10.7. The Morgan fingerprint density at radius 3 is 1.86 bits per heavy atom. The number of hydrogen-bond donors (Lipinski definition) is 0. The highest BCUT2D eigenvalue weighted by Gasteiger charge is 2.04. The van der Waals surface area contributed by atoms with Crippen LogP contribution in [0.3, 0.4) is 0 Å². The molecule has 118 valence electrons. The van der Waals surface area contributed by atoms with Gasteiger partial charge >= 0.3 is 6.61 Å². The Morgan fingerprint density at radius 2 is 1.36 bits per heavy atom. The zero-order valence-electron chi connectivity index (χ0n) is 12.6. The fourth-order valence-electron chi connectivity index (χ4n) is 2.11. The summed E-state index contributed by atoms with van der Waals surface area (Å²) in [6.07, 6.45) is 3.41. The van der Waals surface area contributed by atoms with Crippen LogP contribution in [0.5, 0.6) is 11.5 Å². The summed E-state index contributed by atoms with van der Waals surface area (Å²) in [7, 11) is 0. The lowest BCUT2D eigenvalue weighted by Crippen LogP contribution is -2.01. The maximum absolute atomic E-state index is 12.1. The van der Waals surface area contributed by atoms with Gasteiger partial charge in [-0.1, -0.05) is 44.0 Å². The standard InChI is InChI=1S/C18H20F2O2/c1-2-3-4-13-21-16-9-5-14(6-10-16)15-7-11-17(12-8-15)22-18(19)20/h5-12,18H,2-4,13H2,1H3. The van der Waals surface area contributed by atoms with Gasteiger partial charge in [-0.05, 0) is 41.8 Å². The minimum Gasteiger partial charge on any atom is -0.494 e. The van der Waals surface area contributed by atoms with Crippen LogP contribution in [-0.2, 0) is 0 Å². The number of hydrogen-bond acceptors (Lipinski definition) is 2. The lowest BCUT2D eigenvalue weighted by Gasteiger charge is -2.08. The molecule has 0 radical (unpaired) electrons. The third kappa shape index (κ3) is 5.02. The largest absolute Gasteiger partial charge is 0.494 e. The van der Waals surface area contributed by atoms with E-state index in [2.05, 4.69) is 11.7 Å². The molecule has 0 unspecified atom stereocenters. The number of benzene rings is 2. The van der Waals surface area contributed by atoms with Gasteiger partial charge in [-0.2, -0.15) is 8.78 Å². The quantitative estimate of drug-likeness (QED) is 0.597. The van der Waals surface area contributed by atoms with Crippen molar-refractivity contribution in [3.63, 3.8) is 0 Å². The first-order valence-electron chi connectivity index (χ1n) is 7.47. The molecule has 0 atom stereocenters. The first-order chi connectivity index (χ1) is 10.7. The van der Waals surface area contributed by atoms with Crippen LogP contribution < -0.4 is 9.47 Å². The van der Waals surface area contributed by atoms with Gasteiger partial charge in [0.2, 0.25) is 0 Å². The van der Waals surface area contributed by atoms with Gasteiger partial charge in [-0.3, -0.25) is 0 Å². The maximum atomic E-state index is 12.1. The molecule has 4 heteroatoms. The Bertz CT molecular complexity index is 550. The molecule has 0 saturated carbocycles. The van der Waals surface area contributed by atoms with Gasteiger partial charge in [-0.25, -0.2) is 0 Å². The van der Waals surface area contributed by atoms with Crippen LogP contribution in [0.2, 0.25) is 0 Å². The molecule has 22 heavy (non-hydrogen) atoms. The summed E-state index contributed by atoms with van der Waals surface area (Å²) in [5.74, 6) is 1.01. The molecule has 0 aromatic heterocycles. The van der Waals surface area contributed by atoms with Gasteiger partial charge < -0.3 is 9.47 Å². The summed E-state index contributed by atoms with van der Waals surface area (Å²) in [5, 5.41) is 0. The molecule has 0 aliphatic heterocycles. The average Bonchev–Trinajstić information content (AvgIpc) is 2.52. The summed E-state index contributed by atoms with van der Waals surface area (Å²) in [4.78, 5) is 0. The summed E-state index contributed by atoms with van der Waals surface area (Å²) in [6, 6.07) is 14.4. The van der Waals surface area contributed by atoms with E-state index in [1.54, 1.807) is 12.1 Å². The minimum atomic E-state index is -2.80. The zero-order valence-corrected chi connectivity index (χ0v) is 12.6. The van der Waals surface area contributed by atoms with E-state index in [-0.39, 0.29) is 5.75 Å². The summed E-state index contributed by atoms with van der Waals surface area (Å²) in [6.45, 7) is 0.0919. The van der Waals surface area contributed by atoms with E-state index >= 15 is 0 Å². The first kappa shape index (κ1) is 16.3. The molecule has 0 bridgehead atoms. The van der Waals surface area contributed by atoms with Gasteiger partial charge in [0.05, 0.1) is 6.61 Å². The molecule has 0 N–H and O–H groups in total. The maximum Gasteiger partial charge on any atom is 0.387 e. The van der Waals surface area contributed by atoms with Crippen LogP contribution in [0.15, 0.2) is 48.5 Å². The highest BCUT2D eigenvalue weighted by Crippen LogP contribution is 2.25. The minimum absolute atomic E-state index is 0.162. The third-order valence-corrected chi connectivity index (χ3v) is 3.28. The highest BCUT2D eigenvalue weighted by atomic mass is 19.3. The van der Waals surface area contributed by atoms with Crippen LogP contribution in [0.1, 0.15) is 26.2 Å². The van der Waals surface area contributed by atoms with Crippen LogP contribution in [0, 0.1) is 0 Å². The van der Waals surface area contributed by atoms with Crippen molar-refractivity contribution in [3.05, 3.63) is 48.5 Å². The van der Waals surface area contributed by atoms with Gasteiger partial charge in [0.15, 0.2) is 0 Å². The van der Waals surface area contributed by atoms with Crippen molar-refractivity contribution in [3.8, 4) is 22.6 Å². The lowest BCUT2D eigenvalue weighted by molar-refractivity contribution is -0.0498. The van der Waals surface area contributed by atoms with Gasteiger partial charge in [0.1, 0.15) is 11.5 Å². The second-order valence-electron chi connectivity index (χ2n) is 4.98. The number of halogens is 2. The van der Waals surface area contributed by atoms with E-state index in [1.807, 2.05) is 24.3 Å². The van der Waals surface area contributed by atoms with Crippen molar-refractivity contribution in [2.75, 3.05) is 6.61 Å². The zero-order chi connectivity index (χ0) is 15.8. The molecule has 0 aliphatic rings. The van der Waals surface area contributed by atoms with Crippen molar-refractivity contribution in [1.29, 1.82) is 0 Å². The van der Waals surface area contributed by atoms with Crippen molar-refractivity contribution in [2.24, 2.45) is 0 Å². The predicted molar refractivity (Wildman–Crippen MR) is 83.5 cm³/mol. The fraction of sp³-hybridized carbons (Fsp3) is 0.333. The van der Waals surface area contributed by atoms with E-state index in [0.29, 0.717) is 0 Å². The summed E-state index contributed by atoms with van der Waals surface area (Å²) in [5.41, 5.74) is 1.95. The smallest absolute Gasteiger partial charge is 0.387 e. The molecular weight excluding hydrogens is 286 g/mol. The van der Waals surface area contributed by atoms with Crippen LogP contribution in [-0.4, -0.2) is 13.2 Å². The van der Waals surface area contributed by atoms with E-state index < -0.39 is 6.61 Å². The Hall–Kier alpha value is -2.10. The van der Waals surface area contributed by atoms with Crippen molar-refractivity contribution < 1.29 is 18.3 Å². The van der Waals surface area contributed by atoms with E-state index in [1.165, 1.54) is 25.0 Å². The number of rotatable bonds is 8. The van der Waals surface area contributed by atoms with E-state index in [4.69, 9.17) is 4.74 Å². The Balaban J connectivity index is 1.95. The topological polar surface area (TPSA) is 18.5 Å². The number of alkyl halides is 2. The second-order valence-corrected chi connectivity index (χ2v) is 4.98. The highest BCUT2D eigenvalue weighted by molar-refractivity contribution is 5.64. The monoisotopic (exact) mass is 306 g/mol. The number of ether oxygens (including phenoxy) is 2. The van der Waals surface area contributed by atoms with Gasteiger partial charge in [-0.15, -0.1) is 0 Å². The summed E-state index contributed by atoms with van der Waals surface area (Å²) < 4.78 is 34.2. The Labute approximate surface area is 129 Å². The van der Waals surface area contributed by atoms with Crippen molar-refractivity contribution in [1.82, 2.24) is 0 Å². The van der Waals surface area contributed by atoms with E-state index in [0.717, 1.165) is 29.9 Å². The Kier molecular flexibility index (Phi) is 6.19. The summed E-state index contributed by atoms with van der Waals surface area (Å²) >= 11 is 0. The molecule has 0 aliphatic carbocycles. The average molecular weight is 306 g/mol. The SMILES string of the molecule is CCCCCOc1ccc(-c2ccc(OC(F)F)cc2)cc1. The molecule has 0 amide bonds. The third-order valence-electron chi connectivity index (χ3n) is 3.28. The van der Waals surface area contributed by atoms with Crippen LogP contribution in [0.4, 0.5) is 8.78 Å². The number of unbranched alkanes of at least 4 members (excludes halogenated alkanes) is 2. The van der Waals surface area contributed by atoms with E-state index in [9.17, 15) is 8.78 Å². The lowest BCUT2D eigenvalue weighted by atomic mass is 10.1.